The second-order valence-electron chi connectivity index (χ2n) is 10.1. The van der Waals surface area contributed by atoms with E-state index in [1.165, 1.54) is 12.7 Å². The molecule has 0 bridgehead atoms. The van der Waals surface area contributed by atoms with Crippen LogP contribution in [0.25, 0.3) is 11.1 Å². The number of esters is 1. The first-order chi connectivity index (χ1) is 18.9. The molecule has 1 saturated heterocycles. The van der Waals surface area contributed by atoms with E-state index < -0.39 is 0 Å². The minimum Gasteiger partial charge on any atom is -0.491 e. The minimum atomic E-state index is -0.373. The maximum Gasteiger partial charge on any atom is 0.306 e. The van der Waals surface area contributed by atoms with E-state index in [1.807, 2.05) is 85.7 Å². The zero-order valence-corrected chi connectivity index (χ0v) is 24.2. The normalized spacial score (nSPS) is 16.3. The van der Waals surface area contributed by atoms with E-state index in [4.69, 9.17) is 14.9 Å². The zero-order chi connectivity index (χ0) is 27.8. The Bertz CT molecular complexity index is 1260. The van der Waals surface area contributed by atoms with E-state index in [1.54, 1.807) is 4.90 Å². The van der Waals surface area contributed by atoms with Crippen LogP contribution in [-0.2, 0) is 20.7 Å². The van der Waals surface area contributed by atoms with Crippen molar-refractivity contribution < 1.29 is 19.1 Å². The molecule has 40 heavy (non-hydrogen) atoms. The average Bonchev–Trinajstić information content (AvgIpc) is 3.25. The lowest BCUT2D eigenvalue weighted by Gasteiger charge is -2.25. The van der Waals surface area contributed by atoms with E-state index >= 15 is 0 Å². The lowest BCUT2D eigenvalue weighted by molar-refractivity contribution is -0.144. The summed E-state index contributed by atoms with van der Waals surface area (Å²) in [5, 5.41) is 8.13. The van der Waals surface area contributed by atoms with Crippen LogP contribution in [0.5, 0.6) is 5.75 Å². The van der Waals surface area contributed by atoms with E-state index in [-0.39, 0.29) is 42.7 Å². The fourth-order valence-corrected chi connectivity index (χ4v) is 4.99. The molecule has 0 radical (unpaired) electrons. The minimum absolute atomic E-state index is 0. The number of benzene rings is 3. The Morgan fingerprint density at radius 1 is 0.975 bits per heavy atom. The Morgan fingerprint density at radius 3 is 2.20 bits per heavy atom. The number of likely N-dealkylation sites (tertiary alicyclic amines) is 1. The molecule has 3 aromatic rings. The fraction of sp³-hybridized carbons (Fsp3) is 0.344. The molecule has 4 rings (SSSR count). The number of amides is 1. The molecule has 0 aromatic heterocycles. The molecule has 3 aromatic carbocycles. The average molecular weight is 564 g/mol. The third-order valence-corrected chi connectivity index (χ3v) is 7.21. The van der Waals surface area contributed by atoms with Gasteiger partial charge < -0.3 is 19.3 Å². The molecule has 1 aliphatic heterocycles. The third kappa shape index (κ3) is 7.85. The van der Waals surface area contributed by atoms with Gasteiger partial charge in [0.15, 0.2) is 0 Å². The van der Waals surface area contributed by atoms with Crippen molar-refractivity contribution in [2.24, 2.45) is 5.92 Å². The maximum absolute atomic E-state index is 13.2. The number of amidine groups is 1. The summed E-state index contributed by atoms with van der Waals surface area (Å²) in [7, 11) is 5.08. The summed E-state index contributed by atoms with van der Waals surface area (Å²) >= 11 is 0. The Labute approximate surface area is 243 Å². The molecule has 1 heterocycles. The van der Waals surface area contributed by atoms with Crippen molar-refractivity contribution in [2.45, 2.75) is 31.7 Å². The van der Waals surface area contributed by atoms with Crippen molar-refractivity contribution in [3.8, 4) is 16.9 Å². The van der Waals surface area contributed by atoms with Crippen LogP contribution in [0.3, 0.4) is 0 Å². The van der Waals surface area contributed by atoms with Crippen LogP contribution in [0.4, 0.5) is 0 Å². The Balaban J connectivity index is 0.00000441. The zero-order valence-electron chi connectivity index (χ0n) is 23.3. The smallest absolute Gasteiger partial charge is 0.306 e. The number of hydrogen-bond donors (Lipinski definition) is 1. The second-order valence-corrected chi connectivity index (χ2v) is 10.1. The molecule has 1 N–H and O–H groups in total. The molecule has 7 nitrogen and oxygen atoms in total. The van der Waals surface area contributed by atoms with Gasteiger partial charge in [0, 0.05) is 26.2 Å². The summed E-state index contributed by atoms with van der Waals surface area (Å²) < 4.78 is 11.0. The van der Waals surface area contributed by atoms with Gasteiger partial charge in [-0.3, -0.25) is 15.0 Å². The summed E-state index contributed by atoms with van der Waals surface area (Å²) in [6.45, 7) is 0.995. The van der Waals surface area contributed by atoms with Crippen molar-refractivity contribution >= 4 is 30.1 Å². The van der Waals surface area contributed by atoms with Gasteiger partial charge in [0.25, 0.3) is 0 Å². The molecule has 2 atom stereocenters. The largest absolute Gasteiger partial charge is 0.491 e. The van der Waals surface area contributed by atoms with Gasteiger partial charge in [-0.1, -0.05) is 66.7 Å². The maximum atomic E-state index is 13.2. The molecule has 1 amide bonds. The molecular formula is C32H38ClN3O4. The van der Waals surface area contributed by atoms with Gasteiger partial charge in [-0.15, -0.1) is 12.4 Å². The number of methoxy groups -OCH3 is 1. The van der Waals surface area contributed by atoms with Crippen molar-refractivity contribution in [3.63, 3.8) is 0 Å². The standard InChI is InChI=1S/C32H37N3O4.ClH/c1-34(2)31(33)26-13-11-24(12-14-26)25-15-17-29(18-16-25)39-22-28-20-27(21-30(36)38-3)32(37)35(28)19-7-10-23-8-5-4-6-9-23;/h4-6,8-9,11-18,27-28,33H,7,10,19-22H2,1-3H3;1H/t27-,28-;/m0./s1. The van der Waals surface area contributed by atoms with Crippen LogP contribution in [0.2, 0.25) is 0 Å². The van der Waals surface area contributed by atoms with E-state index in [0.29, 0.717) is 25.4 Å². The number of carbonyl (C=O) groups is 2. The van der Waals surface area contributed by atoms with Crippen LogP contribution < -0.4 is 4.74 Å². The van der Waals surface area contributed by atoms with Crippen LogP contribution in [0, 0.1) is 11.3 Å². The highest BCUT2D eigenvalue weighted by atomic mass is 35.5. The van der Waals surface area contributed by atoms with Gasteiger partial charge >= 0.3 is 5.97 Å². The summed E-state index contributed by atoms with van der Waals surface area (Å²) in [6.07, 6.45) is 2.41. The van der Waals surface area contributed by atoms with Gasteiger partial charge in [0.05, 0.1) is 25.5 Å². The molecule has 1 aliphatic rings. The van der Waals surface area contributed by atoms with Crippen molar-refractivity contribution in [2.75, 3.05) is 34.4 Å². The van der Waals surface area contributed by atoms with Crippen molar-refractivity contribution in [3.05, 3.63) is 90.0 Å². The highest BCUT2D eigenvalue weighted by molar-refractivity contribution is 5.96. The quantitative estimate of drug-likeness (QED) is 0.190. The van der Waals surface area contributed by atoms with Gasteiger partial charge in [-0.25, -0.2) is 0 Å². The molecule has 0 unspecified atom stereocenters. The Kier molecular flexibility index (Phi) is 11.1. The van der Waals surface area contributed by atoms with E-state index in [0.717, 1.165) is 35.3 Å². The van der Waals surface area contributed by atoms with Gasteiger partial charge in [0.2, 0.25) is 5.91 Å². The third-order valence-electron chi connectivity index (χ3n) is 7.21. The summed E-state index contributed by atoms with van der Waals surface area (Å²) in [4.78, 5) is 28.7. The van der Waals surface area contributed by atoms with Crippen LogP contribution in [-0.4, -0.2) is 67.9 Å². The topological polar surface area (TPSA) is 82.9 Å². The predicted octanol–water partition coefficient (Wildman–Crippen LogP) is 5.45. The van der Waals surface area contributed by atoms with Crippen LogP contribution in [0.1, 0.15) is 30.4 Å². The molecule has 0 spiro atoms. The Morgan fingerprint density at radius 2 is 1.60 bits per heavy atom. The first kappa shape index (κ1) is 30.7. The van der Waals surface area contributed by atoms with E-state index in [2.05, 4.69) is 12.1 Å². The number of aryl methyl sites for hydroxylation is 1. The Hall–Kier alpha value is -3.84. The SMILES string of the molecule is COC(=O)C[C@@H]1C[C@@H](COc2ccc(-c3ccc(C(=N)N(C)C)cc3)cc2)N(CCCc2ccccc2)C1=O.Cl. The first-order valence-electron chi connectivity index (χ1n) is 13.4. The molecule has 212 valence electrons. The van der Waals surface area contributed by atoms with E-state index in [9.17, 15) is 9.59 Å². The number of ether oxygens (including phenoxy) is 2. The number of rotatable bonds is 11. The molecule has 0 aliphatic carbocycles. The number of nitrogens with zero attached hydrogens (tertiary/aromatic N) is 2. The lowest BCUT2D eigenvalue weighted by Crippen LogP contribution is -2.38. The monoisotopic (exact) mass is 563 g/mol. The molecular weight excluding hydrogens is 526 g/mol. The fourth-order valence-electron chi connectivity index (χ4n) is 4.99. The van der Waals surface area contributed by atoms with Crippen molar-refractivity contribution in [1.82, 2.24) is 9.80 Å². The predicted molar refractivity (Wildman–Crippen MR) is 160 cm³/mol. The number of carbonyl (C=O) groups excluding carboxylic acids is 2. The second kappa shape index (κ2) is 14.5. The molecule has 0 saturated carbocycles. The lowest BCUT2D eigenvalue weighted by atomic mass is 10.0. The number of halogens is 1. The highest BCUT2D eigenvalue weighted by Gasteiger charge is 2.40. The first-order valence-corrected chi connectivity index (χ1v) is 13.4. The van der Waals surface area contributed by atoms with Crippen LogP contribution in [0.15, 0.2) is 78.9 Å². The number of hydrogen-bond acceptors (Lipinski definition) is 5. The van der Waals surface area contributed by atoms with Gasteiger partial charge in [-0.05, 0) is 48.1 Å². The molecule has 8 heteroatoms. The molecule has 1 fully saturated rings. The van der Waals surface area contributed by atoms with Gasteiger partial charge in [0.1, 0.15) is 18.2 Å². The highest BCUT2D eigenvalue weighted by Crippen LogP contribution is 2.29. The van der Waals surface area contributed by atoms with Crippen LogP contribution >= 0.6 is 12.4 Å². The summed E-state index contributed by atoms with van der Waals surface area (Å²) in [6, 6.07) is 26.0. The summed E-state index contributed by atoms with van der Waals surface area (Å²) in [5.74, 6) is 0.475. The van der Waals surface area contributed by atoms with Crippen molar-refractivity contribution in [1.29, 1.82) is 5.41 Å². The van der Waals surface area contributed by atoms with Gasteiger partial charge in [-0.2, -0.15) is 0 Å². The summed E-state index contributed by atoms with van der Waals surface area (Å²) in [5.41, 5.74) is 4.23. The number of nitrogens with one attached hydrogen (secondary N) is 1.